The molecular formula is C27H27N5OS. The summed E-state index contributed by atoms with van der Waals surface area (Å²) in [5, 5.41) is 14.3. The van der Waals surface area contributed by atoms with Crippen LogP contribution in [-0.2, 0) is 0 Å². The molecule has 0 amide bonds. The summed E-state index contributed by atoms with van der Waals surface area (Å²) in [7, 11) is 0. The van der Waals surface area contributed by atoms with Crippen LogP contribution in [0.5, 0.6) is 0 Å². The van der Waals surface area contributed by atoms with E-state index in [1.54, 1.807) is 4.57 Å². The highest BCUT2D eigenvalue weighted by Gasteiger charge is 2.22. The van der Waals surface area contributed by atoms with Crippen LogP contribution in [0.1, 0.15) is 38.2 Å². The van der Waals surface area contributed by atoms with Crippen molar-refractivity contribution in [2.24, 2.45) is 0 Å². The molecule has 7 heteroatoms. The van der Waals surface area contributed by atoms with E-state index in [0.29, 0.717) is 45.4 Å². The van der Waals surface area contributed by atoms with Crippen molar-refractivity contribution >= 4 is 28.6 Å². The fraction of sp³-hybridized carbons (Fsp3) is 0.259. The highest BCUT2D eigenvalue weighted by Crippen LogP contribution is 2.32. The van der Waals surface area contributed by atoms with Gasteiger partial charge in [0.25, 0.3) is 5.56 Å². The van der Waals surface area contributed by atoms with Crippen LogP contribution in [0, 0.1) is 11.3 Å². The Kier molecular flexibility index (Phi) is 7.61. The van der Waals surface area contributed by atoms with E-state index in [0.717, 1.165) is 24.8 Å². The quantitative estimate of drug-likeness (QED) is 0.238. The van der Waals surface area contributed by atoms with Crippen molar-refractivity contribution in [3.8, 4) is 23.0 Å². The monoisotopic (exact) mass is 469 g/mol. The van der Waals surface area contributed by atoms with E-state index < -0.39 is 0 Å². The van der Waals surface area contributed by atoms with Gasteiger partial charge in [0.05, 0.1) is 16.8 Å². The smallest absolute Gasteiger partial charge is 0.269 e. The zero-order valence-corrected chi connectivity index (χ0v) is 20.2. The zero-order valence-electron chi connectivity index (χ0n) is 19.4. The molecule has 0 unspecified atom stereocenters. The van der Waals surface area contributed by atoms with Crippen LogP contribution in [0.25, 0.3) is 27.8 Å². The molecule has 34 heavy (non-hydrogen) atoms. The molecule has 1 N–H and O–H groups in total. The average molecular weight is 470 g/mol. The minimum absolute atomic E-state index is 0.247. The minimum atomic E-state index is -0.247. The number of benzene rings is 2. The van der Waals surface area contributed by atoms with Crippen LogP contribution >= 0.6 is 11.8 Å². The Morgan fingerprint density at radius 2 is 1.71 bits per heavy atom. The van der Waals surface area contributed by atoms with Crippen molar-refractivity contribution in [3.63, 3.8) is 0 Å². The number of hydrogen-bond acceptors (Lipinski definition) is 6. The summed E-state index contributed by atoms with van der Waals surface area (Å²) < 4.78 is 1.59. The van der Waals surface area contributed by atoms with Crippen LogP contribution in [0.4, 0.5) is 5.95 Å². The number of nitriles is 1. The summed E-state index contributed by atoms with van der Waals surface area (Å²) in [6.45, 7) is 2.87. The Labute approximate surface area is 203 Å². The molecule has 2 aromatic heterocycles. The van der Waals surface area contributed by atoms with Gasteiger partial charge in [-0.15, -0.1) is 11.8 Å². The third kappa shape index (κ3) is 4.68. The van der Waals surface area contributed by atoms with Gasteiger partial charge in [-0.1, -0.05) is 74.7 Å². The summed E-state index contributed by atoms with van der Waals surface area (Å²) in [5.74, 6) is 0.439. The van der Waals surface area contributed by atoms with E-state index in [1.165, 1.54) is 18.2 Å². The number of rotatable bonds is 9. The maximum atomic E-state index is 14.1. The second-order valence-corrected chi connectivity index (χ2v) is 8.74. The third-order valence-electron chi connectivity index (χ3n) is 5.66. The normalized spacial score (nSPS) is 10.9. The molecule has 0 aliphatic heterocycles. The molecule has 6 nitrogen and oxygen atoms in total. The fourth-order valence-electron chi connectivity index (χ4n) is 3.97. The lowest BCUT2D eigenvalue weighted by molar-refractivity contribution is 0.682. The van der Waals surface area contributed by atoms with E-state index in [4.69, 9.17) is 9.97 Å². The van der Waals surface area contributed by atoms with Crippen molar-refractivity contribution in [1.82, 2.24) is 14.5 Å². The number of aromatic nitrogens is 3. The number of unbranched alkanes of at least 4 members (excludes halogenated alkanes) is 3. The first-order chi connectivity index (χ1) is 16.7. The van der Waals surface area contributed by atoms with E-state index in [1.807, 2.05) is 66.9 Å². The van der Waals surface area contributed by atoms with E-state index in [2.05, 4.69) is 18.3 Å². The molecular weight excluding hydrogens is 442 g/mol. The van der Waals surface area contributed by atoms with Gasteiger partial charge in [0.1, 0.15) is 22.2 Å². The van der Waals surface area contributed by atoms with Gasteiger partial charge in [-0.2, -0.15) is 5.26 Å². The predicted octanol–water partition coefficient (Wildman–Crippen LogP) is 6.03. The Hall–Kier alpha value is -3.63. The molecule has 2 aromatic carbocycles. The summed E-state index contributed by atoms with van der Waals surface area (Å²) in [6, 6.07) is 21.3. The molecule has 0 radical (unpaired) electrons. The predicted molar refractivity (Wildman–Crippen MR) is 140 cm³/mol. The molecule has 0 fully saturated rings. The number of anilines is 1. The minimum Gasteiger partial charge on any atom is -0.355 e. The number of fused-ring (bicyclic) bond motifs is 1. The third-order valence-corrected chi connectivity index (χ3v) is 6.35. The number of para-hydroxylation sites is 1. The lowest BCUT2D eigenvalue weighted by Crippen LogP contribution is -2.25. The Morgan fingerprint density at radius 1 is 1.00 bits per heavy atom. The maximum absolute atomic E-state index is 14.1. The molecule has 0 saturated heterocycles. The van der Waals surface area contributed by atoms with Crippen LogP contribution in [0.15, 0.2) is 70.5 Å². The highest BCUT2D eigenvalue weighted by molar-refractivity contribution is 7.98. The zero-order chi connectivity index (χ0) is 23.9. The fourth-order valence-corrected chi connectivity index (χ4v) is 4.50. The standard InChI is InChI=1S/C27H27N5OS/c1-3-4-5-12-17-29-27-31-24-21(18-28)25(34-2)30-23(19-13-8-6-9-14-19)22(24)26(33)32(27)20-15-10-7-11-16-20/h6-11,13-16H,3-5,12,17H2,1-2H3,(H,29,31). The van der Waals surface area contributed by atoms with Gasteiger partial charge in [0, 0.05) is 12.1 Å². The first-order valence-electron chi connectivity index (χ1n) is 11.5. The van der Waals surface area contributed by atoms with Crippen molar-refractivity contribution < 1.29 is 0 Å². The number of nitrogens with one attached hydrogen (secondary N) is 1. The SMILES string of the molecule is CCCCCCNc1nc2c(C#N)c(SC)nc(-c3ccccc3)c2c(=O)n1-c1ccccc1. The molecule has 0 saturated carbocycles. The van der Waals surface area contributed by atoms with E-state index >= 15 is 0 Å². The molecule has 0 spiro atoms. The molecule has 2 heterocycles. The van der Waals surface area contributed by atoms with Crippen LogP contribution in [-0.4, -0.2) is 27.3 Å². The van der Waals surface area contributed by atoms with Gasteiger partial charge >= 0.3 is 0 Å². The first-order valence-corrected chi connectivity index (χ1v) is 12.7. The van der Waals surface area contributed by atoms with Crippen molar-refractivity contribution in [1.29, 1.82) is 5.26 Å². The molecule has 0 aliphatic rings. The molecule has 0 aliphatic carbocycles. The van der Waals surface area contributed by atoms with E-state index in [-0.39, 0.29) is 5.56 Å². The number of hydrogen-bond donors (Lipinski definition) is 1. The largest absolute Gasteiger partial charge is 0.355 e. The Bertz CT molecular complexity index is 1380. The summed E-state index contributed by atoms with van der Waals surface area (Å²) in [6.07, 6.45) is 6.28. The topological polar surface area (TPSA) is 83.6 Å². The summed E-state index contributed by atoms with van der Waals surface area (Å²) in [4.78, 5) is 23.7. The van der Waals surface area contributed by atoms with Crippen LogP contribution in [0.2, 0.25) is 0 Å². The summed E-state index contributed by atoms with van der Waals surface area (Å²) >= 11 is 1.38. The van der Waals surface area contributed by atoms with Gasteiger partial charge in [0.15, 0.2) is 0 Å². The molecule has 4 rings (SSSR count). The van der Waals surface area contributed by atoms with Crippen molar-refractivity contribution in [2.75, 3.05) is 18.1 Å². The number of thioether (sulfide) groups is 1. The van der Waals surface area contributed by atoms with Crippen molar-refractivity contribution in [2.45, 2.75) is 37.6 Å². The maximum Gasteiger partial charge on any atom is 0.269 e. The van der Waals surface area contributed by atoms with Crippen LogP contribution < -0.4 is 10.9 Å². The second kappa shape index (κ2) is 11.0. The molecule has 0 bridgehead atoms. The van der Waals surface area contributed by atoms with Crippen LogP contribution in [0.3, 0.4) is 0 Å². The Morgan fingerprint density at radius 3 is 2.35 bits per heavy atom. The van der Waals surface area contributed by atoms with Gasteiger partial charge in [0.2, 0.25) is 5.95 Å². The highest BCUT2D eigenvalue weighted by atomic mass is 32.2. The number of nitrogens with zero attached hydrogens (tertiary/aromatic N) is 4. The van der Waals surface area contributed by atoms with Gasteiger partial charge < -0.3 is 5.32 Å². The van der Waals surface area contributed by atoms with Gasteiger partial charge in [-0.3, -0.25) is 4.79 Å². The first kappa shape index (κ1) is 23.5. The second-order valence-electron chi connectivity index (χ2n) is 7.95. The Balaban J connectivity index is 2.01. The van der Waals surface area contributed by atoms with E-state index in [9.17, 15) is 10.1 Å². The van der Waals surface area contributed by atoms with Gasteiger partial charge in [-0.05, 0) is 24.8 Å². The van der Waals surface area contributed by atoms with Crippen molar-refractivity contribution in [3.05, 3.63) is 76.6 Å². The molecule has 172 valence electrons. The molecule has 0 atom stereocenters. The lowest BCUT2D eigenvalue weighted by atomic mass is 10.1. The average Bonchev–Trinajstić information content (AvgIpc) is 2.88. The van der Waals surface area contributed by atoms with Gasteiger partial charge in [-0.25, -0.2) is 14.5 Å². The molecule has 4 aromatic rings. The number of pyridine rings is 1. The lowest BCUT2D eigenvalue weighted by Gasteiger charge is -2.17. The summed E-state index contributed by atoms with van der Waals surface area (Å²) in [5.41, 5.74) is 2.52.